The van der Waals surface area contributed by atoms with E-state index in [0.29, 0.717) is 19.8 Å². The smallest absolute Gasteiger partial charge is 0.123 e. The number of nitrogens with one attached hydrogen (secondary N) is 1. The van der Waals surface area contributed by atoms with E-state index in [1.54, 1.807) is 0 Å². The normalized spacial score (nSPS) is 22.9. The number of hydrogen-bond acceptors (Lipinski definition) is 3. The molecular weight excluding hydrogens is 142 g/mol. The Morgan fingerprint density at radius 1 is 1.45 bits per heavy atom. The monoisotopic (exact) mass is 159 g/mol. The summed E-state index contributed by atoms with van der Waals surface area (Å²) < 4.78 is 4.91. The molecule has 0 aliphatic carbocycles. The topological polar surface area (TPSA) is 41.5 Å². The summed E-state index contributed by atoms with van der Waals surface area (Å²) >= 11 is 0. The van der Waals surface area contributed by atoms with E-state index in [1.807, 2.05) is 0 Å². The Morgan fingerprint density at radius 2 is 2.00 bits per heavy atom. The summed E-state index contributed by atoms with van der Waals surface area (Å²) in [6, 6.07) is 0. The summed E-state index contributed by atoms with van der Waals surface area (Å²) in [6.07, 6.45) is 0. The Labute approximate surface area is 67.7 Å². The fourth-order valence-electron chi connectivity index (χ4n) is 0.869. The van der Waals surface area contributed by atoms with Crippen LogP contribution < -0.4 is 5.32 Å². The highest BCUT2D eigenvalue weighted by Crippen LogP contribution is 2.16. The van der Waals surface area contributed by atoms with Gasteiger partial charge in [0.1, 0.15) is 5.60 Å². The summed E-state index contributed by atoms with van der Waals surface area (Å²) in [5.74, 6) is 0. The quantitative estimate of drug-likeness (QED) is 0.602. The summed E-state index contributed by atoms with van der Waals surface area (Å²) in [6.45, 7) is 7.80. The van der Waals surface area contributed by atoms with Crippen molar-refractivity contribution in [3.63, 3.8) is 0 Å². The van der Waals surface area contributed by atoms with E-state index in [9.17, 15) is 5.11 Å². The Kier molecular flexibility index (Phi) is 2.23. The minimum Gasteiger partial charge on any atom is -0.384 e. The molecule has 3 heteroatoms. The first-order valence-corrected chi connectivity index (χ1v) is 3.97. The molecule has 0 unspecified atom stereocenters. The minimum absolute atomic E-state index is 0.0747. The molecule has 0 atom stereocenters. The zero-order chi connectivity index (χ0) is 8.54. The van der Waals surface area contributed by atoms with Gasteiger partial charge in [-0.15, -0.1) is 0 Å². The molecule has 1 aliphatic heterocycles. The number of ether oxygens (including phenoxy) is 1. The van der Waals surface area contributed by atoms with Crippen LogP contribution in [0.3, 0.4) is 0 Å². The highest BCUT2D eigenvalue weighted by atomic mass is 16.5. The fourth-order valence-corrected chi connectivity index (χ4v) is 0.869. The molecule has 1 heterocycles. The molecule has 0 radical (unpaired) electrons. The van der Waals surface area contributed by atoms with Crippen molar-refractivity contribution in [1.82, 2.24) is 5.32 Å². The third-order valence-electron chi connectivity index (χ3n) is 1.69. The van der Waals surface area contributed by atoms with Crippen LogP contribution in [0.25, 0.3) is 0 Å². The van der Waals surface area contributed by atoms with E-state index in [2.05, 4.69) is 26.1 Å². The molecule has 0 saturated carbocycles. The van der Waals surface area contributed by atoms with Gasteiger partial charge in [-0.2, -0.15) is 0 Å². The second kappa shape index (κ2) is 2.73. The first-order valence-electron chi connectivity index (χ1n) is 3.97. The Hall–Kier alpha value is -0.120. The lowest BCUT2D eigenvalue weighted by Crippen LogP contribution is -2.58. The van der Waals surface area contributed by atoms with Crippen molar-refractivity contribution >= 4 is 0 Å². The fraction of sp³-hybridized carbons (Fsp3) is 1.00. The molecule has 11 heavy (non-hydrogen) atoms. The van der Waals surface area contributed by atoms with Crippen molar-refractivity contribution in [2.24, 2.45) is 0 Å². The number of aliphatic hydroxyl groups is 1. The first kappa shape index (κ1) is 8.97. The van der Waals surface area contributed by atoms with Crippen molar-refractivity contribution in [3.05, 3.63) is 0 Å². The van der Waals surface area contributed by atoms with Crippen LogP contribution in [0.2, 0.25) is 0 Å². The SMILES string of the molecule is CC(C)(C)NCC1(O)COC1. The van der Waals surface area contributed by atoms with Gasteiger partial charge in [0.15, 0.2) is 0 Å². The Balaban J connectivity index is 2.21. The average molecular weight is 159 g/mol. The zero-order valence-corrected chi connectivity index (χ0v) is 7.48. The Morgan fingerprint density at radius 3 is 2.27 bits per heavy atom. The predicted molar refractivity (Wildman–Crippen MR) is 43.5 cm³/mol. The predicted octanol–water partition coefficient (Wildman–Crippen LogP) is 0.136. The highest BCUT2D eigenvalue weighted by molar-refractivity contribution is 4.89. The molecule has 66 valence electrons. The van der Waals surface area contributed by atoms with Crippen molar-refractivity contribution in [2.75, 3.05) is 19.8 Å². The van der Waals surface area contributed by atoms with Crippen LogP contribution >= 0.6 is 0 Å². The van der Waals surface area contributed by atoms with Crippen molar-refractivity contribution < 1.29 is 9.84 Å². The number of β-amino-alcohol motifs (C(OH)–C–C–N with tert-alkyl or cyclic N) is 1. The number of hydrogen-bond donors (Lipinski definition) is 2. The molecule has 2 N–H and O–H groups in total. The van der Waals surface area contributed by atoms with E-state index in [1.165, 1.54) is 0 Å². The van der Waals surface area contributed by atoms with Crippen LogP contribution in [0, 0.1) is 0 Å². The van der Waals surface area contributed by atoms with E-state index in [0.717, 1.165) is 0 Å². The Bertz CT molecular complexity index is 136. The minimum atomic E-state index is -0.604. The number of rotatable bonds is 2. The van der Waals surface area contributed by atoms with Crippen molar-refractivity contribution in [1.29, 1.82) is 0 Å². The summed E-state index contributed by atoms with van der Waals surface area (Å²) in [5, 5.41) is 12.8. The van der Waals surface area contributed by atoms with Gasteiger partial charge in [-0.1, -0.05) is 0 Å². The van der Waals surface area contributed by atoms with Crippen LogP contribution in [0.5, 0.6) is 0 Å². The van der Waals surface area contributed by atoms with Crippen molar-refractivity contribution in [2.45, 2.75) is 31.9 Å². The molecule has 0 bridgehead atoms. The third-order valence-corrected chi connectivity index (χ3v) is 1.69. The van der Waals surface area contributed by atoms with Crippen LogP contribution in [0.4, 0.5) is 0 Å². The molecular formula is C8H17NO2. The lowest BCUT2D eigenvalue weighted by atomic mass is 10.0. The van der Waals surface area contributed by atoms with E-state index < -0.39 is 5.60 Å². The average Bonchev–Trinajstić information content (AvgIpc) is 1.77. The van der Waals surface area contributed by atoms with Crippen LogP contribution in [-0.2, 0) is 4.74 Å². The van der Waals surface area contributed by atoms with E-state index in [-0.39, 0.29) is 5.54 Å². The second-order valence-electron chi connectivity index (χ2n) is 4.32. The third kappa shape index (κ3) is 2.77. The molecule has 1 rings (SSSR count). The van der Waals surface area contributed by atoms with Gasteiger partial charge in [0.25, 0.3) is 0 Å². The van der Waals surface area contributed by atoms with Gasteiger partial charge in [-0.05, 0) is 20.8 Å². The molecule has 1 aliphatic rings. The van der Waals surface area contributed by atoms with Crippen molar-refractivity contribution in [3.8, 4) is 0 Å². The maximum absolute atomic E-state index is 9.59. The molecule has 0 aromatic rings. The molecule has 1 saturated heterocycles. The second-order valence-corrected chi connectivity index (χ2v) is 4.32. The maximum Gasteiger partial charge on any atom is 0.123 e. The molecule has 1 fully saturated rings. The van der Waals surface area contributed by atoms with Gasteiger partial charge in [0.05, 0.1) is 13.2 Å². The maximum atomic E-state index is 9.59. The van der Waals surface area contributed by atoms with E-state index >= 15 is 0 Å². The van der Waals surface area contributed by atoms with Gasteiger partial charge in [0, 0.05) is 12.1 Å². The molecule has 0 aromatic carbocycles. The standard InChI is InChI=1S/C8H17NO2/c1-7(2,3)9-4-8(10)5-11-6-8/h9-10H,4-6H2,1-3H3. The first-order chi connectivity index (χ1) is 4.91. The lowest BCUT2D eigenvalue weighted by molar-refractivity contribution is -0.176. The lowest BCUT2D eigenvalue weighted by Gasteiger charge is -2.38. The van der Waals surface area contributed by atoms with Gasteiger partial charge in [-0.3, -0.25) is 0 Å². The van der Waals surface area contributed by atoms with Gasteiger partial charge >= 0.3 is 0 Å². The van der Waals surface area contributed by atoms with Gasteiger partial charge in [-0.25, -0.2) is 0 Å². The van der Waals surface area contributed by atoms with Crippen LogP contribution in [0.15, 0.2) is 0 Å². The van der Waals surface area contributed by atoms with Gasteiger partial charge in [0.2, 0.25) is 0 Å². The highest BCUT2D eigenvalue weighted by Gasteiger charge is 2.36. The summed E-state index contributed by atoms with van der Waals surface area (Å²) in [5.41, 5.74) is -0.529. The van der Waals surface area contributed by atoms with Crippen LogP contribution in [-0.4, -0.2) is 36.0 Å². The summed E-state index contributed by atoms with van der Waals surface area (Å²) in [7, 11) is 0. The van der Waals surface area contributed by atoms with Gasteiger partial charge < -0.3 is 15.2 Å². The largest absolute Gasteiger partial charge is 0.384 e. The summed E-state index contributed by atoms with van der Waals surface area (Å²) in [4.78, 5) is 0. The molecule has 0 aromatic heterocycles. The zero-order valence-electron chi connectivity index (χ0n) is 7.48. The molecule has 0 spiro atoms. The molecule has 0 amide bonds. The molecule has 3 nitrogen and oxygen atoms in total. The van der Waals surface area contributed by atoms with E-state index in [4.69, 9.17) is 4.74 Å². The van der Waals surface area contributed by atoms with Crippen LogP contribution in [0.1, 0.15) is 20.8 Å².